The molecule has 4 nitrogen and oxygen atoms in total. The molecule has 1 N–H and O–H groups in total. The average molecular weight is 274 g/mol. The van der Waals surface area contributed by atoms with Crippen LogP contribution in [-0.4, -0.2) is 23.6 Å². The van der Waals surface area contributed by atoms with Crippen LogP contribution < -0.4 is 10.2 Å². The van der Waals surface area contributed by atoms with Gasteiger partial charge in [-0.25, -0.2) is 9.37 Å². The van der Waals surface area contributed by atoms with E-state index >= 15 is 0 Å². The zero-order valence-electron chi connectivity index (χ0n) is 12.2. The summed E-state index contributed by atoms with van der Waals surface area (Å²) in [6.45, 7) is 6.67. The van der Waals surface area contributed by atoms with Crippen LogP contribution in [0.4, 0.5) is 21.8 Å². The molecule has 0 bridgehead atoms. The Morgan fingerprint density at radius 3 is 2.45 bits per heavy atom. The van der Waals surface area contributed by atoms with Gasteiger partial charge in [0.05, 0.1) is 6.20 Å². The Kier molecular flexibility index (Phi) is 4.17. The maximum Gasteiger partial charge on any atom is 0.224 e. The van der Waals surface area contributed by atoms with Crippen molar-refractivity contribution in [2.24, 2.45) is 0 Å². The summed E-state index contributed by atoms with van der Waals surface area (Å²) >= 11 is 0. The minimum atomic E-state index is -0.437. The van der Waals surface area contributed by atoms with Crippen LogP contribution in [0.1, 0.15) is 18.1 Å². The van der Waals surface area contributed by atoms with Crippen LogP contribution in [0.5, 0.6) is 0 Å². The van der Waals surface area contributed by atoms with Crippen molar-refractivity contribution >= 4 is 17.5 Å². The van der Waals surface area contributed by atoms with Gasteiger partial charge in [-0.1, -0.05) is 6.07 Å². The van der Waals surface area contributed by atoms with E-state index in [1.807, 2.05) is 32.9 Å². The Morgan fingerprint density at radius 1 is 1.20 bits per heavy atom. The Balaban J connectivity index is 2.41. The molecule has 0 unspecified atom stereocenters. The first-order valence-electron chi connectivity index (χ1n) is 6.59. The highest BCUT2D eigenvalue weighted by Crippen LogP contribution is 2.26. The van der Waals surface area contributed by atoms with Crippen molar-refractivity contribution < 1.29 is 4.39 Å². The summed E-state index contributed by atoms with van der Waals surface area (Å²) in [5.74, 6) is 0.259. The summed E-state index contributed by atoms with van der Waals surface area (Å²) in [7, 11) is 1.80. The van der Waals surface area contributed by atoms with E-state index in [9.17, 15) is 4.39 Å². The van der Waals surface area contributed by atoms with Gasteiger partial charge in [0, 0.05) is 19.3 Å². The first-order chi connectivity index (χ1) is 9.51. The van der Waals surface area contributed by atoms with Gasteiger partial charge in [0.1, 0.15) is 0 Å². The third-order valence-electron chi connectivity index (χ3n) is 2.97. The van der Waals surface area contributed by atoms with Gasteiger partial charge in [0.25, 0.3) is 0 Å². The zero-order chi connectivity index (χ0) is 14.7. The summed E-state index contributed by atoms with van der Waals surface area (Å²) in [6, 6.07) is 6.08. The van der Waals surface area contributed by atoms with Crippen LogP contribution in [0.2, 0.25) is 0 Å². The van der Waals surface area contributed by atoms with Crippen LogP contribution in [-0.2, 0) is 0 Å². The maximum absolute atomic E-state index is 14.0. The number of hydrogen-bond acceptors (Lipinski definition) is 4. The number of anilines is 3. The Bertz CT molecular complexity index is 593. The number of aryl methyl sites for hydroxylation is 2. The van der Waals surface area contributed by atoms with Crippen molar-refractivity contribution in [1.82, 2.24) is 9.97 Å². The second-order valence-corrected chi connectivity index (χ2v) is 4.80. The third-order valence-corrected chi connectivity index (χ3v) is 2.97. The van der Waals surface area contributed by atoms with Gasteiger partial charge in [-0.2, -0.15) is 4.98 Å². The van der Waals surface area contributed by atoms with Crippen molar-refractivity contribution in [3.63, 3.8) is 0 Å². The van der Waals surface area contributed by atoms with E-state index < -0.39 is 5.82 Å². The number of benzene rings is 1. The quantitative estimate of drug-likeness (QED) is 0.927. The molecule has 0 aliphatic carbocycles. The van der Waals surface area contributed by atoms with Crippen molar-refractivity contribution in [2.75, 3.05) is 23.8 Å². The smallest absolute Gasteiger partial charge is 0.224 e. The van der Waals surface area contributed by atoms with Gasteiger partial charge in [-0.05, 0) is 44.0 Å². The fraction of sp³-hybridized carbons (Fsp3) is 0.333. The zero-order valence-corrected chi connectivity index (χ0v) is 12.2. The van der Waals surface area contributed by atoms with Crippen molar-refractivity contribution in [3.05, 3.63) is 41.3 Å². The largest absolute Gasteiger partial charge is 0.354 e. The number of rotatable bonds is 4. The van der Waals surface area contributed by atoms with E-state index in [0.29, 0.717) is 12.5 Å². The lowest BCUT2D eigenvalue weighted by Gasteiger charge is -2.20. The SMILES string of the molecule is CCNc1ncc(F)c(N(C)c2cc(C)cc(C)c2)n1. The highest BCUT2D eigenvalue weighted by Gasteiger charge is 2.13. The lowest BCUT2D eigenvalue weighted by molar-refractivity contribution is 0.614. The summed E-state index contributed by atoms with van der Waals surface area (Å²) in [4.78, 5) is 9.88. The fourth-order valence-corrected chi connectivity index (χ4v) is 2.10. The lowest BCUT2D eigenvalue weighted by Crippen LogP contribution is -2.15. The second kappa shape index (κ2) is 5.86. The predicted molar refractivity (Wildman–Crippen MR) is 80.1 cm³/mol. The molecule has 1 aromatic heterocycles. The highest BCUT2D eigenvalue weighted by atomic mass is 19.1. The molecule has 2 aromatic rings. The number of halogens is 1. The third kappa shape index (κ3) is 3.04. The van der Waals surface area contributed by atoms with E-state index in [1.54, 1.807) is 11.9 Å². The molecule has 0 aliphatic rings. The molecule has 0 saturated carbocycles. The number of hydrogen-bond donors (Lipinski definition) is 1. The van der Waals surface area contributed by atoms with Crippen LogP contribution in [0.15, 0.2) is 24.4 Å². The standard InChI is InChI=1S/C15H19FN4/c1-5-17-15-18-9-13(16)14(19-15)20(4)12-7-10(2)6-11(3)8-12/h6-9H,5H2,1-4H3,(H,17,18,19). The molecule has 0 spiro atoms. The van der Waals surface area contributed by atoms with Gasteiger partial charge in [-0.15, -0.1) is 0 Å². The van der Waals surface area contributed by atoms with Gasteiger partial charge in [0.15, 0.2) is 11.6 Å². The minimum absolute atomic E-state index is 0.265. The summed E-state index contributed by atoms with van der Waals surface area (Å²) in [6.07, 6.45) is 1.19. The van der Waals surface area contributed by atoms with E-state index in [0.717, 1.165) is 16.8 Å². The Labute approximate surface area is 118 Å². The van der Waals surface area contributed by atoms with Gasteiger partial charge < -0.3 is 10.2 Å². The van der Waals surface area contributed by atoms with Crippen molar-refractivity contribution in [2.45, 2.75) is 20.8 Å². The maximum atomic E-state index is 14.0. The van der Waals surface area contributed by atoms with E-state index in [1.165, 1.54) is 6.20 Å². The molecule has 1 heterocycles. The van der Waals surface area contributed by atoms with Gasteiger partial charge in [-0.3, -0.25) is 0 Å². The minimum Gasteiger partial charge on any atom is -0.354 e. The Hall–Kier alpha value is -2.17. The highest BCUT2D eigenvalue weighted by molar-refractivity contribution is 5.62. The summed E-state index contributed by atoms with van der Waals surface area (Å²) in [5.41, 5.74) is 3.17. The Morgan fingerprint density at radius 2 is 1.85 bits per heavy atom. The van der Waals surface area contributed by atoms with E-state index in [-0.39, 0.29) is 5.82 Å². The van der Waals surface area contributed by atoms with Gasteiger partial charge in [0.2, 0.25) is 5.95 Å². The lowest BCUT2D eigenvalue weighted by atomic mass is 10.1. The topological polar surface area (TPSA) is 41.1 Å². The molecule has 0 radical (unpaired) electrons. The monoisotopic (exact) mass is 274 g/mol. The van der Waals surface area contributed by atoms with Crippen molar-refractivity contribution in [3.8, 4) is 0 Å². The molecule has 1 aromatic carbocycles. The molecule has 0 atom stereocenters. The molecule has 0 aliphatic heterocycles. The molecular formula is C15H19FN4. The number of aromatic nitrogens is 2. The average Bonchev–Trinajstić information content (AvgIpc) is 2.39. The van der Waals surface area contributed by atoms with Gasteiger partial charge >= 0.3 is 0 Å². The number of nitrogens with zero attached hydrogens (tertiary/aromatic N) is 3. The fourth-order valence-electron chi connectivity index (χ4n) is 2.10. The van der Waals surface area contributed by atoms with Crippen molar-refractivity contribution in [1.29, 1.82) is 0 Å². The molecular weight excluding hydrogens is 255 g/mol. The molecule has 20 heavy (non-hydrogen) atoms. The number of nitrogens with one attached hydrogen (secondary N) is 1. The molecule has 0 saturated heterocycles. The molecule has 0 fully saturated rings. The first kappa shape index (κ1) is 14.2. The molecule has 5 heteroatoms. The van der Waals surface area contributed by atoms with Crippen LogP contribution in [0, 0.1) is 19.7 Å². The molecule has 0 amide bonds. The first-order valence-corrected chi connectivity index (χ1v) is 6.59. The molecule has 2 rings (SSSR count). The molecule has 106 valence electrons. The van der Waals surface area contributed by atoms with Crippen LogP contribution in [0.3, 0.4) is 0 Å². The summed E-state index contributed by atoms with van der Waals surface area (Å²) in [5, 5.41) is 2.99. The van der Waals surface area contributed by atoms with Crippen LogP contribution in [0.25, 0.3) is 0 Å². The normalized spacial score (nSPS) is 10.4. The van der Waals surface area contributed by atoms with E-state index in [4.69, 9.17) is 0 Å². The second-order valence-electron chi connectivity index (χ2n) is 4.80. The van der Waals surface area contributed by atoms with Crippen LogP contribution >= 0.6 is 0 Å². The van der Waals surface area contributed by atoms with E-state index in [2.05, 4.69) is 21.4 Å². The summed E-state index contributed by atoms with van der Waals surface area (Å²) < 4.78 is 14.0. The predicted octanol–water partition coefficient (Wildman–Crippen LogP) is 3.43.